The van der Waals surface area contributed by atoms with E-state index in [4.69, 9.17) is 4.74 Å². The van der Waals surface area contributed by atoms with Crippen molar-refractivity contribution in [2.75, 3.05) is 39.9 Å². The van der Waals surface area contributed by atoms with Gasteiger partial charge in [0.1, 0.15) is 0 Å². The molecule has 2 atom stereocenters. The van der Waals surface area contributed by atoms with Crippen molar-refractivity contribution in [1.29, 1.82) is 0 Å². The summed E-state index contributed by atoms with van der Waals surface area (Å²) in [7, 11) is 1.60. The average Bonchev–Trinajstić information content (AvgIpc) is 3.40. The largest absolute Gasteiger partial charge is 0.392 e. The number of aromatic nitrogens is 1. The van der Waals surface area contributed by atoms with Gasteiger partial charge in [0.2, 0.25) is 5.91 Å². The molecule has 2 aliphatic heterocycles. The van der Waals surface area contributed by atoms with Crippen LogP contribution >= 0.6 is 0 Å². The van der Waals surface area contributed by atoms with Crippen LogP contribution in [0.25, 0.3) is 10.9 Å². The van der Waals surface area contributed by atoms with Gasteiger partial charge in [0.05, 0.1) is 18.8 Å². The summed E-state index contributed by atoms with van der Waals surface area (Å²) in [6.07, 6.45) is 3.40. The van der Waals surface area contributed by atoms with Crippen LogP contribution in [0.4, 0.5) is 0 Å². The number of hydrogen-bond donors (Lipinski definition) is 3. The number of H-pyrrole nitrogens is 1. The van der Waals surface area contributed by atoms with Gasteiger partial charge in [-0.15, -0.1) is 0 Å². The third-order valence-corrected chi connectivity index (χ3v) is 6.27. The Morgan fingerprint density at radius 3 is 2.83 bits per heavy atom. The molecule has 2 aliphatic rings. The quantitative estimate of drug-likeness (QED) is 0.612. The van der Waals surface area contributed by atoms with E-state index in [1.165, 1.54) is 0 Å². The van der Waals surface area contributed by atoms with Gasteiger partial charge in [-0.3, -0.25) is 14.5 Å². The van der Waals surface area contributed by atoms with Crippen molar-refractivity contribution in [1.82, 2.24) is 20.1 Å². The number of piperidine rings is 1. The number of likely N-dealkylation sites (tertiary alicyclic amines) is 2. The first-order valence-electron chi connectivity index (χ1n) is 10.6. The number of nitrogens with one attached hydrogen (secondary N) is 2. The molecule has 2 aromatic rings. The molecule has 0 spiro atoms. The molecule has 3 heterocycles. The van der Waals surface area contributed by atoms with E-state index < -0.39 is 6.10 Å². The van der Waals surface area contributed by atoms with Gasteiger partial charge in [-0.25, -0.2) is 0 Å². The summed E-state index contributed by atoms with van der Waals surface area (Å²) in [5, 5.41) is 14.0. The van der Waals surface area contributed by atoms with E-state index >= 15 is 0 Å². The topological polar surface area (TPSA) is 97.9 Å². The molecule has 2 saturated heterocycles. The summed E-state index contributed by atoms with van der Waals surface area (Å²) in [5.41, 5.74) is 1.68. The lowest BCUT2D eigenvalue weighted by atomic mass is 10.0. The Labute approximate surface area is 176 Å². The summed E-state index contributed by atoms with van der Waals surface area (Å²) in [5.74, 6) is -0.00444. The fraction of sp³-hybridized carbons (Fsp3) is 0.545. The average molecular weight is 415 g/mol. The number of fused-ring (bicyclic) bond motifs is 1. The molecular weight excluding hydrogens is 384 g/mol. The second kappa shape index (κ2) is 9.16. The van der Waals surface area contributed by atoms with Crippen molar-refractivity contribution in [2.24, 2.45) is 0 Å². The molecule has 162 valence electrons. The highest BCUT2D eigenvalue weighted by Gasteiger charge is 2.41. The van der Waals surface area contributed by atoms with E-state index in [9.17, 15) is 14.7 Å². The summed E-state index contributed by atoms with van der Waals surface area (Å²) in [4.78, 5) is 32.9. The summed E-state index contributed by atoms with van der Waals surface area (Å²) in [6, 6.07) is 7.55. The van der Waals surface area contributed by atoms with Gasteiger partial charge >= 0.3 is 0 Å². The smallest absolute Gasteiger partial charge is 0.254 e. The SMILES string of the molecule is COCCNC(=O)[C@@H]1C[C@@H](O)CN1C1CCN(C(=O)c2cccc3[nH]ccc23)CC1. The van der Waals surface area contributed by atoms with Crippen LogP contribution in [-0.2, 0) is 9.53 Å². The van der Waals surface area contributed by atoms with Crippen LogP contribution < -0.4 is 5.32 Å². The van der Waals surface area contributed by atoms with E-state index in [0.717, 1.165) is 29.3 Å². The third kappa shape index (κ3) is 4.21. The zero-order chi connectivity index (χ0) is 21.1. The van der Waals surface area contributed by atoms with Gasteiger partial charge in [0.15, 0.2) is 0 Å². The number of β-amino-alcohol motifs (C(OH)–C–C–N with tert-alkyl or cyclic N) is 1. The number of amides is 2. The molecule has 2 fully saturated rings. The fourth-order valence-electron chi connectivity index (χ4n) is 4.74. The highest BCUT2D eigenvalue weighted by Crippen LogP contribution is 2.28. The van der Waals surface area contributed by atoms with Gasteiger partial charge in [0, 0.05) is 62.0 Å². The zero-order valence-corrected chi connectivity index (χ0v) is 17.3. The Morgan fingerprint density at radius 2 is 2.07 bits per heavy atom. The molecule has 30 heavy (non-hydrogen) atoms. The first-order chi connectivity index (χ1) is 14.6. The number of hydrogen-bond acceptors (Lipinski definition) is 5. The van der Waals surface area contributed by atoms with Crippen LogP contribution in [0.3, 0.4) is 0 Å². The Balaban J connectivity index is 1.38. The lowest BCUT2D eigenvalue weighted by Gasteiger charge is -2.39. The number of methoxy groups -OCH3 is 1. The number of aromatic amines is 1. The van der Waals surface area contributed by atoms with Gasteiger partial charge in [-0.2, -0.15) is 0 Å². The molecule has 0 aliphatic carbocycles. The minimum Gasteiger partial charge on any atom is -0.392 e. The molecule has 1 aromatic heterocycles. The standard InChI is InChI=1S/C22H30N4O4/c1-30-12-9-24-21(28)20-13-16(27)14-26(20)15-6-10-25(11-7-15)22(29)18-3-2-4-19-17(18)5-8-23-19/h2-5,8,15-16,20,23,27H,6-7,9-14H2,1H3,(H,24,28)/t16-,20+/m1/s1. The number of aliphatic hydroxyl groups excluding tert-OH is 1. The minimum absolute atomic E-state index is 0.0500. The fourth-order valence-corrected chi connectivity index (χ4v) is 4.74. The minimum atomic E-state index is -0.492. The molecule has 2 amide bonds. The van der Waals surface area contributed by atoms with Crippen LogP contribution in [0.5, 0.6) is 0 Å². The molecule has 0 bridgehead atoms. The van der Waals surface area contributed by atoms with E-state index in [0.29, 0.717) is 39.2 Å². The lowest BCUT2D eigenvalue weighted by Crippen LogP contribution is -2.52. The predicted molar refractivity (Wildman–Crippen MR) is 113 cm³/mol. The van der Waals surface area contributed by atoms with Crippen molar-refractivity contribution < 1.29 is 19.4 Å². The molecular formula is C22H30N4O4. The van der Waals surface area contributed by atoms with Gasteiger partial charge < -0.3 is 25.0 Å². The van der Waals surface area contributed by atoms with E-state index in [1.807, 2.05) is 35.4 Å². The normalized spacial score (nSPS) is 23.2. The molecule has 8 heteroatoms. The van der Waals surface area contributed by atoms with Crippen LogP contribution in [0.2, 0.25) is 0 Å². The van der Waals surface area contributed by atoms with E-state index in [-0.39, 0.29) is 23.9 Å². The first-order valence-corrected chi connectivity index (χ1v) is 10.6. The third-order valence-electron chi connectivity index (χ3n) is 6.27. The second-order valence-electron chi connectivity index (χ2n) is 8.15. The van der Waals surface area contributed by atoms with Gasteiger partial charge in [-0.05, 0) is 37.5 Å². The number of ether oxygens (including phenoxy) is 1. The molecule has 8 nitrogen and oxygen atoms in total. The molecule has 0 unspecified atom stereocenters. The Morgan fingerprint density at radius 1 is 1.27 bits per heavy atom. The van der Waals surface area contributed by atoms with E-state index in [2.05, 4.69) is 15.2 Å². The molecule has 0 saturated carbocycles. The summed E-state index contributed by atoms with van der Waals surface area (Å²) in [6.45, 7) is 2.73. The number of carbonyl (C=O) groups excluding carboxylic acids is 2. The first kappa shape index (κ1) is 20.8. The van der Waals surface area contributed by atoms with Crippen molar-refractivity contribution in [3.8, 4) is 0 Å². The zero-order valence-electron chi connectivity index (χ0n) is 17.3. The van der Waals surface area contributed by atoms with E-state index in [1.54, 1.807) is 7.11 Å². The highest BCUT2D eigenvalue weighted by molar-refractivity contribution is 6.06. The molecule has 3 N–H and O–H groups in total. The van der Waals surface area contributed by atoms with Crippen LogP contribution in [0.15, 0.2) is 30.5 Å². The maximum absolute atomic E-state index is 13.1. The Bertz CT molecular complexity index is 890. The maximum atomic E-state index is 13.1. The maximum Gasteiger partial charge on any atom is 0.254 e. The van der Waals surface area contributed by atoms with Crippen LogP contribution in [0, 0.1) is 0 Å². The second-order valence-corrected chi connectivity index (χ2v) is 8.15. The van der Waals surface area contributed by atoms with Gasteiger partial charge in [-0.1, -0.05) is 6.07 Å². The molecule has 4 rings (SSSR count). The molecule has 1 aromatic carbocycles. The van der Waals surface area contributed by atoms with Crippen LogP contribution in [0.1, 0.15) is 29.6 Å². The Hall–Kier alpha value is -2.42. The number of benzene rings is 1. The lowest BCUT2D eigenvalue weighted by molar-refractivity contribution is -0.126. The number of rotatable bonds is 6. The van der Waals surface area contributed by atoms with Crippen molar-refractivity contribution in [2.45, 2.75) is 37.5 Å². The number of nitrogens with zero attached hydrogens (tertiary/aromatic N) is 2. The highest BCUT2D eigenvalue weighted by atomic mass is 16.5. The van der Waals surface area contributed by atoms with Crippen molar-refractivity contribution in [3.63, 3.8) is 0 Å². The molecule has 0 radical (unpaired) electrons. The predicted octanol–water partition coefficient (Wildman–Crippen LogP) is 0.970. The summed E-state index contributed by atoms with van der Waals surface area (Å²) >= 11 is 0. The van der Waals surface area contributed by atoms with Crippen molar-refractivity contribution >= 4 is 22.7 Å². The number of carbonyl (C=O) groups is 2. The monoisotopic (exact) mass is 414 g/mol. The van der Waals surface area contributed by atoms with Crippen LogP contribution in [-0.4, -0.2) is 89.8 Å². The van der Waals surface area contributed by atoms with Gasteiger partial charge in [0.25, 0.3) is 5.91 Å². The summed E-state index contributed by atoms with van der Waals surface area (Å²) < 4.78 is 4.99. The number of aliphatic hydroxyl groups is 1. The van der Waals surface area contributed by atoms with Crippen molar-refractivity contribution in [3.05, 3.63) is 36.0 Å². The Kier molecular flexibility index (Phi) is 6.36.